The fourth-order valence-electron chi connectivity index (χ4n) is 4.12. The van der Waals surface area contributed by atoms with E-state index in [1.54, 1.807) is 25.7 Å². The summed E-state index contributed by atoms with van der Waals surface area (Å²) in [5.74, 6) is 3.02. The van der Waals surface area contributed by atoms with Crippen molar-refractivity contribution in [2.24, 2.45) is 23.2 Å². The summed E-state index contributed by atoms with van der Waals surface area (Å²) in [6.07, 6.45) is 13.7. The third-order valence-electron chi connectivity index (χ3n) is 5.78. The van der Waals surface area contributed by atoms with E-state index in [-0.39, 0.29) is 0 Å². The van der Waals surface area contributed by atoms with Crippen molar-refractivity contribution in [2.75, 3.05) is 0 Å². The van der Waals surface area contributed by atoms with Crippen molar-refractivity contribution in [3.8, 4) is 0 Å². The molecule has 0 aromatic heterocycles. The smallest absolute Gasteiger partial charge is 0.0297 e. The molecule has 16 heavy (non-hydrogen) atoms. The van der Waals surface area contributed by atoms with Crippen molar-refractivity contribution in [3.63, 3.8) is 0 Å². The first-order valence-corrected chi connectivity index (χ1v) is 7.65. The largest absolute Gasteiger partial charge is 0.0651 e. The maximum Gasteiger partial charge on any atom is -0.0297 e. The van der Waals surface area contributed by atoms with Crippen LogP contribution in [0.25, 0.3) is 0 Å². The average molecular weight is 222 g/mol. The minimum atomic E-state index is 0.803. The Morgan fingerprint density at radius 1 is 0.938 bits per heavy atom. The predicted molar refractivity (Wildman–Crippen MR) is 71.5 cm³/mol. The van der Waals surface area contributed by atoms with Gasteiger partial charge >= 0.3 is 0 Å². The Labute approximate surface area is 102 Å². The van der Waals surface area contributed by atoms with Gasteiger partial charge in [-0.2, -0.15) is 0 Å². The van der Waals surface area contributed by atoms with Crippen LogP contribution in [-0.4, -0.2) is 0 Å². The molecule has 2 saturated carbocycles. The standard InChI is InChI=1S/C16H30/c1-4-14-5-9-16(10-6-14)11-7-15(8-12-16)13(2)3/h13-15H,4-12H2,1-3H3. The highest BCUT2D eigenvalue weighted by Crippen LogP contribution is 2.51. The normalized spacial score (nSPS) is 40.5. The summed E-state index contributed by atoms with van der Waals surface area (Å²) < 4.78 is 0. The van der Waals surface area contributed by atoms with Crippen LogP contribution in [0.2, 0.25) is 0 Å². The van der Waals surface area contributed by atoms with Gasteiger partial charge in [-0.05, 0) is 74.5 Å². The molecule has 0 amide bonds. The van der Waals surface area contributed by atoms with Crippen LogP contribution in [0.3, 0.4) is 0 Å². The maximum atomic E-state index is 2.41. The van der Waals surface area contributed by atoms with Gasteiger partial charge in [0.25, 0.3) is 0 Å². The summed E-state index contributed by atoms with van der Waals surface area (Å²) in [7, 11) is 0. The lowest BCUT2D eigenvalue weighted by Gasteiger charge is -2.45. The van der Waals surface area contributed by atoms with E-state index in [2.05, 4.69) is 20.8 Å². The lowest BCUT2D eigenvalue weighted by Crippen LogP contribution is -2.33. The van der Waals surface area contributed by atoms with Gasteiger partial charge in [0.05, 0.1) is 0 Å². The van der Waals surface area contributed by atoms with E-state index < -0.39 is 0 Å². The first kappa shape index (κ1) is 12.5. The maximum absolute atomic E-state index is 2.41. The Bertz CT molecular complexity index is 198. The van der Waals surface area contributed by atoms with Crippen LogP contribution < -0.4 is 0 Å². The van der Waals surface area contributed by atoms with Crippen molar-refractivity contribution >= 4 is 0 Å². The molecule has 0 nitrogen and oxygen atoms in total. The van der Waals surface area contributed by atoms with Crippen LogP contribution in [0, 0.1) is 23.2 Å². The monoisotopic (exact) mass is 222 g/mol. The van der Waals surface area contributed by atoms with E-state index in [9.17, 15) is 0 Å². The van der Waals surface area contributed by atoms with E-state index >= 15 is 0 Å². The third-order valence-corrected chi connectivity index (χ3v) is 5.78. The van der Waals surface area contributed by atoms with E-state index in [1.165, 1.54) is 32.1 Å². The highest BCUT2D eigenvalue weighted by atomic mass is 14.4. The second kappa shape index (κ2) is 5.10. The number of rotatable bonds is 2. The van der Waals surface area contributed by atoms with Crippen LogP contribution in [0.4, 0.5) is 0 Å². The third kappa shape index (κ3) is 2.63. The molecule has 0 unspecified atom stereocenters. The summed E-state index contributed by atoms with van der Waals surface area (Å²) in [5, 5.41) is 0. The summed E-state index contributed by atoms with van der Waals surface area (Å²) in [5.41, 5.74) is 0.803. The molecule has 2 rings (SSSR count). The predicted octanol–water partition coefficient (Wildman–Crippen LogP) is 5.42. The van der Waals surface area contributed by atoms with Gasteiger partial charge in [-0.25, -0.2) is 0 Å². The molecule has 0 heterocycles. The topological polar surface area (TPSA) is 0 Å². The first-order valence-electron chi connectivity index (χ1n) is 7.65. The van der Waals surface area contributed by atoms with E-state index in [0.717, 1.165) is 23.2 Å². The van der Waals surface area contributed by atoms with Crippen LogP contribution in [0.1, 0.15) is 78.6 Å². The van der Waals surface area contributed by atoms with E-state index in [1.807, 2.05) is 0 Å². The Morgan fingerprint density at radius 2 is 1.44 bits per heavy atom. The molecular formula is C16H30. The molecule has 0 aliphatic heterocycles. The molecule has 0 aromatic carbocycles. The second-order valence-electron chi connectivity index (χ2n) is 6.93. The average Bonchev–Trinajstić information content (AvgIpc) is 2.31. The van der Waals surface area contributed by atoms with Gasteiger partial charge in [0.15, 0.2) is 0 Å². The highest BCUT2D eigenvalue weighted by molar-refractivity contribution is 4.90. The van der Waals surface area contributed by atoms with Crippen LogP contribution >= 0.6 is 0 Å². The van der Waals surface area contributed by atoms with Crippen molar-refractivity contribution in [3.05, 3.63) is 0 Å². The number of hydrogen-bond donors (Lipinski definition) is 0. The molecule has 94 valence electrons. The Morgan fingerprint density at radius 3 is 1.88 bits per heavy atom. The van der Waals surface area contributed by atoms with Crippen LogP contribution in [0.15, 0.2) is 0 Å². The molecule has 0 radical (unpaired) electrons. The van der Waals surface area contributed by atoms with Crippen molar-refractivity contribution in [2.45, 2.75) is 78.6 Å². The molecule has 0 bridgehead atoms. The van der Waals surface area contributed by atoms with Gasteiger partial charge in [0.1, 0.15) is 0 Å². The Hall–Kier alpha value is 0. The Kier molecular flexibility index (Phi) is 3.97. The van der Waals surface area contributed by atoms with E-state index in [4.69, 9.17) is 0 Å². The van der Waals surface area contributed by atoms with Gasteiger partial charge < -0.3 is 0 Å². The molecule has 2 aliphatic carbocycles. The van der Waals surface area contributed by atoms with Crippen LogP contribution in [0.5, 0.6) is 0 Å². The zero-order valence-corrected chi connectivity index (χ0v) is 11.6. The van der Waals surface area contributed by atoms with Gasteiger partial charge in [-0.15, -0.1) is 0 Å². The first-order chi connectivity index (χ1) is 7.65. The summed E-state index contributed by atoms with van der Waals surface area (Å²) in [6.45, 7) is 7.20. The summed E-state index contributed by atoms with van der Waals surface area (Å²) >= 11 is 0. The minimum Gasteiger partial charge on any atom is -0.0651 e. The summed E-state index contributed by atoms with van der Waals surface area (Å²) in [4.78, 5) is 0. The lowest BCUT2D eigenvalue weighted by molar-refractivity contribution is 0.0636. The Balaban J connectivity index is 1.84. The summed E-state index contributed by atoms with van der Waals surface area (Å²) in [6, 6.07) is 0. The SMILES string of the molecule is CCC1CCC2(CC1)CCC(C(C)C)CC2. The van der Waals surface area contributed by atoms with Gasteiger partial charge in [0.2, 0.25) is 0 Å². The fourth-order valence-corrected chi connectivity index (χ4v) is 4.12. The minimum absolute atomic E-state index is 0.803. The van der Waals surface area contributed by atoms with E-state index in [0.29, 0.717) is 0 Å². The molecule has 1 spiro atoms. The van der Waals surface area contributed by atoms with Crippen LogP contribution in [-0.2, 0) is 0 Å². The van der Waals surface area contributed by atoms with Crippen molar-refractivity contribution in [1.29, 1.82) is 0 Å². The molecule has 2 fully saturated rings. The number of hydrogen-bond acceptors (Lipinski definition) is 0. The molecular weight excluding hydrogens is 192 g/mol. The van der Waals surface area contributed by atoms with Gasteiger partial charge in [-0.1, -0.05) is 27.2 Å². The molecule has 0 aromatic rings. The highest BCUT2D eigenvalue weighted by Gasteiger charge is 2.38. The fraction of sp³-hybridized carbons (Fsp3) is 1.00. The van der Waals surface area contributed by atoms with Crippen molar-refractivity contribution in [1.82, 2.24) is 0 Å². The lowest BCUT2D eigenvalue weighted by atomic mass is 9.60. The molecule has 0 N–H and O–H groups in total. The quantitative estimate of drug-likeness (QED) is 0.585. The molecule has 0 atom stereocenters. The van der Waals surface area contributed by atoms with Crippen molar-refractivity contribution < 1.29 is 0 Å². The molecule has 2 aliphatic rings. The molecule has 0 saturated heterocycles. The van der Waals surface area contributed by atoms with Gasteiger partial charge in [0, 0.05) is 0 Å². The molecule has 0 heteroatoms. The second-order valence-corrected chi connectivity index (χ2v) is 6.93. The zero-order valence-electron chi connectivity index (χ0n) is 11.6. The van der Waals surface area contributed by atoms with Gasteiger partial charge in [-0.3, -0.25) is 0 Å². The zero-order chi connectivity index (χ0) is 11.6.